The van der Waals surface area contributed by atoms with E-state index in [0.717, 1.165) is 18.4 Å². The zero-order chi connectivity index (χ0) is 15.1. The molecule has 0 atom stereocenters. The van der Waals surface area contributed by atoms with Crippen molar-refractivity contribution in [3.8, 4) is 0 Å². The van der Waals surface area contributed by atoms with Gasteiger partial charge < -0.3 is 0 Å². The highest BCUT2D eigenvalue weighted by Crippen LogP contribution is 2.03. The molecule has 2 rings (SSSR count). The number of hydrazine groups is 1. The Bertz CT molecular complexity index is 611. The van der Waals surface area contributed by atoms with Crippen LogP contribution in [0.1, 0.15) is 39.8 Å². The van der Waals surface area contributed by atoms with Gasteiger partial charge in [0, 0.05) is 24.2 Å². The van der Waals surface area contributed by atoms with Crippen LogP contribution in [-0.4, -0.2) is 21.8 Å². The number of hydrogen-bond acceptors (Lipinski definition) is 4. The van der Waals surface area contributed by atoms with Crippen molar-refractivity contribution in [3.63, 3.8) is 0 Å². The minimum atomic E-state index is -0.458. The lowest BCUT2D eigenvalue weighted by molar-refractivity contribution is 0.0844. The minimum absolute atomic E-state index is 0.255. The zero-order valence-corrected chi connectivity index (χ0v) is 11.7. The summed E-state index contributed by atoms with van der Waals surface area (Å²) in [4.78, 5) is 31.5. The number of aryl methyl sites for hydroxylation is 1. The van der Waals surface area contributed by atoms with Crippen LogP contribution in [0.2, 0.25) is 0 Å². The Kier molecular flexibility index (Phi) is 4.98. The van der Waals surface area contributed by atoms with E-state index in [0.29, 0.717) is 5.56 Å². The highest BCUT2D eigenvalue weighted by atomic mass is 16.2. The third-order valence-corrected chi connectivity index (χ3v) is 2.83. The molecule has 2 aromatic rings. The summed E-state index contributed by atoms with van der Waals surface area (Å²) in [6.07, 6.45) is 6.63. The Morgan fingerprint density at radius 3 is 2.38 bits per heavy atom. The molecule has 0 aliphatic rings. The fourth-order valence-corrected chi connectivity index (χ4v) is 1.75. The van der Waals surface area contributed by atoms with E-state index in [9.17, 15) is 9.59 Å². The van der Waals surface area contributed by atoms with E-state index in [-0.39, 0.29) is 5.69 Å². The van der Waals surface area contributed by atoms with E-state index in [4.69, 9.17) is 0 Å². The standard InChI is InChI=1S/C15H16N4O2/c1-2-3-11-4-5-13(17-10-11)15(21)19-18-14(20)12-6-8-16-9-7-12/h4-10H,2-3H2,1H3,(H,18,20)(H,19,21). The van der Waals surface area contributed by atoms with Crippen LogP contribution in [0.5, 0.6) is 0 Å². The average molecular weight is 284 g/mol. The second kappa shape index (κ2) is 7.14. The smallest absolute Gasteiger partial charge is 0.267 e. The Morgan fingerprint density at radius 1 is 1.05 bits per heavy atom. The first-order chi connectivity index (χ1) is 10.2. The molecule has 0 bridgehead atoms. The number of hydrogen-bond donors (Lipinski definition) is 2. The van der Waals surface area contributed by atoms with E-state index in [1.807, 2.05) is 6.07 Å². The molecule has 6 heteroatoms. The highest BCUT2D eigenvalue weighted by molar-refractivity contribution is 5.98. The van der Waals surface area contributed by atoms with Gasteiger partial charge in [-0.1, -0.05) is 19.4 Å². The average Bonchev–Trinajstić information content (AvgIpc) is 2.54. The summed E-state index contributed by atoms with van der Waals surface area (Å²) in [6, 6.07) is 6.60. The Balaban J connectivity index is 1.91. The van der Waals surface area contributed by atoms with Gasteiger partial charge in [-0.2, -0.15) is 0 Å². The van der Waals surface area contributed by atoms with Crippen molar-refractivity contribution in [2.24, 2.45) is 0 Å². The first-order valence-corrected chi connectivity index (χ1v) is 6.66. The van der Waals surface area contributed by atoms with Gasteiger partial charge in [-0.15, -0.1) is 0 Å². The summed E-state index contributed by atoms with van der Waals surface area (Å²) in [5.41, 5.74) is 6.40. The lowest BCUT2D eigenvalue weighted by Crippen LogP contribution is -2.41. The molecule has 21 heavy (non-hydrogen) atoms. The molecule has 0 spiro atoms. The number of nitrogens with zero attached hydrogens (tertiary/aromatic N) is 2. The van der Waals surface area contributed by atoms with Gasteiger partial charge in [0.15, 0.2) is 0 Å². The summed E-state index contributed by atoms with van der Waals surface area (Å²) in [5, 5.41) is 0. The molecule has 0 saturated carbocycles. The van der Waals surface area contributed by atoms with Gasteiger partial charge in [0.1, 0.15) is 5.69 Å². The Hall–Kier alpha value is -2.76. The van der Waals surface area contributed by atoms with E-state index in [1.54, 1.807) is 24.4 Å². The van der Waals surface area contributed by atoms with E-state index < -0.39 is 11.8 Å². The number of rotatable bonds is 4. The van der Waals surface area contributed by atoms with Crippen molar-refractivity contribution in [1.82, 2.24) is 20.8 Å². The van der Waals surface area contributed by atoms with Crippen molar-refractivity contribution >= 4 is 11.8 Å². The first-order valence-electron chi connectivity index (χ1n) is 6.66. The number of nitrogens with one attached hydrogen (secondary N) is 2. The third-order valence-electron chi connectivity index (χ3n) is 2.83. The third kappa shape index (κ3) is 4.10. The topological polar surface area (TPSA) is 84.0 Å². The molecule has 0 fully saturated rings. The fourth-order valence-electron chi connectivity index (χ4n) is 1.75. The highest BCUT2D eigenvalue weighted by Gasteiger charge is 2.09. The van der Waals surface area contributed by atoms with Gasteiger partial charge in [-0.25, -0.2) is 0 Å². The molecule has 2 N–H and O–H groups in total. The second-order valence-corrected chi connectivity index (χ2v) is 4.45. The quantitative estimate of drug-likeness (QED) is 0.833. The number of aromatic nitrogens is 2. The predicted octanol–water partition coefficient (Wildman–Crippen LogP) is 1.50. The van der Waals surface area contributed by atoms with Gasteiger partial charge in [0.2, 0.25) is 0 Å². The molecule has 2 heterocycles. The van der Waals surface area contributed by atoms with Gasteiger partial charge in [-0.05, 0) is 30.2 Å². The summed E-state index contributed by atoms with van der Waals surface area (Å²) in [5.74, 6) is -0.867. The molecule has 108 valence electrons. The molecule has 0 unspecified atom stereocenters. The first kappa shape index (κ1) is 14.6. The maximum atomic E-state index is 11.8. The lowest BCUT2D eigenvalue weighted by atomic mass is 10.1. The van der Waals surface area contributed by atoms with Crippen LogP contribution in [0.25, 0.3) is 0 Å². The molecule has 0 saturated heterocycles. The molecular weight excluding hydrogens is 268 g/mol. The number of carbonyl (C=O) groups excluding carboxylic acids is 2. The molecular formula is C15H16N4O2. The Morgan fingerprint density at radius 2 is 1.76 bits per heavy atom. The Labute approximate surface area is 122 Å². The maximum absolute atomic E-state index is 11.8. The largest absolute Gasteiger partial charge is 0.288 e. The molecule has 0 aliphatic heterocycles. The van der Waals surface area contributed by atoms with Crippen LogP contribution in [0.4, 0.5) is 0 Å². The van der Waals surface area contributed by atoms with Crippen molar-refractivity contribution in [2.75, 3.05) is 0 Å². The molecule has 2 aromatic heterocycles. The fraction of sp³-hybridized carbons (Fsp3) is 0.200. The van der Waals surface area contributed by atoms with Crippen molar-refractivity contribution in [1.29, 1.82) is 0 Å². The monoisotopic (exact) mass is 284 g/mol. The van der Waals surface area contributed by atoms with Crippen molar-refractivity contribution < 1.29 is 9.59 Å². The maximum Gasteiger partial charge on any atom is 0.288 e. The summed E-state index contributed by atoms with van der Waals surface area (Å²) in [6.45, 7) is 2.08. The molecule has 0 radical (unpaired) electrons. The summed E-state index contributed by atoms with van der Waals surface area (Å²) in [7, 11) is 0. The molecule has 2 amide bonds. The number of pyridine rings is 2. The van der Waals surface area contributed by atoms with E-state index >= 15 is 0 Å². The minimum Gasteiger partial charge on any atom is -0.267 e. The van der Waals surface area contributed by atoms with Gasteiger partial charge in [0.05, 0.1) is 0 Å². The SMILES string of the molecule is CCCc1ccc(C(=O)NNC(=O)c2ccncc2)nc1. The number of carbonyl (C=O) groups is 2. The van der Waals surface area contributed by atoms with Crippen molar-refractivity contribution in [3.05, 3.63) is 59.7 Å². The lowest BCUT2D eigenvalue weighted by Gasteiger charge is -2.07. The molecule has 0 aromatic carbocycles. The van der Waals surface area contributed by atoms with Crippen LogP contribution in [-0.2, 0) is 6.42 Å². The van der Waals surface area contributed by atoms with Gasteiger partial charge in [-0.3, -0.25) is 30.4 Å². The van der Waals surface area contributed by atoms with Crippen LogP contribution in [0.15, 0.2) is 42.9 Å². The summed E-state index contributed by atoms with van der Waals surface area (Å²) < 4.78 is 0. The second-order valence-electron chi connectivity index (χ2n) is 4.45. The molecule has 0 aliphatic carbocycles. The van der Waals surface area contributed by atoms with Crippen molar-refractivity contribution in [2.45, 2.75) is 19.8 Å². The molecule has 6 nitrogen and oxygen atoms in total. The van der Waals surface area contributed by atoms with Crippen LogP contribution in [0.3, 0.4) is 0 Å². The predicted molar refractivity (Wildman–Crippen MR) is 77.4 cm³/mol. The zero-order valence-electron chi connectivity index (χ0n) is 11.7. The van der Waals surface area contributed by atoms with Crippen LogP contribution in [0, 0.1) is 0 Å². The summed E-state index contributed by atoms with van der Waals surface area (Å²) >= 11 is 0. The van der Waals surface area contributed by atoms with E-state index in [2.05, 4.69) is 27.7 Å². The van der Waals surface area contributed by atoms with Crippen LogP contribution < -0.4 is 10.9 Å². The van der Waals surface area contributed by atoms with Gasteiger partial charge >= 0.3 is 0 Å². The normalized spacial score (nSPS) is 9.95. The van der Waals surface area contributed by atoms with E-state index in [1.165, 1.54) is 12.4 Å². The van der Waals surface area contributed by atoms with Gasteiger partial charge in [0.25, 0.3) is 11.8 Å². The number of amides is 2. The van der Waals surface area contributed by atoms with Crippen LogP contribution >= 0.6 is 0 Å².